The van der Waals surface area contributed by atoms with Crippen LogP contribution in [0.2, 0.25) is 0 Å². The van der Waals surface area contributed by atoms with Crippen LogP contribution >= 0.6 is 15.9 Å². The normalized spacial score (nSPS) is 10.9. The first kappa shape index (κ1) is 14.8. The number of nitrogens with two attached hydrogens (primary N) is 1. The molecule has 22 heavy (non-hydrogen) atoms. The highest BCUT2D eigenvalue weighted by molar-refractivity contribution is 9.10. The summed E-state index contributed by atoms with van der Waals surface area (Å²) in [6, 6.07) is 23.3. The summed E-state index contributed by atoms with van der Waals surface area (Å²) in [6.45, 7) is 0. The SMILES string of the molecule is Nc1c(F)cc(Br)cc1C(c1ccccc1)c1ccccc1. The van der Waals surface area contributed by atoms with Gasteiger partial charge >= 0.3 is 0 Å². The third kappa shape index (κ3) is 2.90. The van der Waals surface area contributed by atoms with Gasteiger partial charge in [-0.1, -0.05) is 76.6 Å². The minimum absolute atomic E-state index is 0.102. The lowest BCUT2D eigenvalue weighted by Gasteiger charge is -2.21. The Labute approximate surface area is 137 Å². The van der Waals surface area contributed by atoms with Gasteiger partial charge in [-0.2, -0.15) is 0 Å². The Hall–Kier alpha value is -2.13. The molecule has 0 bridgehead atoms. The van der Waals surface area contributed by atoms with Crippen LogP contribution < -0.4 is 5.73 Å². The van der Waals surface area contributed by atoms with Gasteiger partial charge in [-0.25, -0.2) is 4.39 Å². The zero-order chi connectivity index (χ0) is 15.5. The van der Waals surface area contributed by atoms with Gasteiger partial charge in [-0.3, -0.25) is 0 Å². The summed E-state index contributed by atoms with van der Waals surface area (Å²) in [7, 11) is 0. The number of rotatable bonds is 3. The van der Waals surface area contributed by atoms with Crippen LogP contribution in [0.4, 0.5) is 10.1 Å². The lowest BCUT2D eigenvalue weighted by molar-refractivity contribution is 0.629. The van der Waals surface area contributed by atoms with Crippen molar-refractivity contribution in [1.29, 1.82) is 0 Å². The Morgan fingerprint density at radius 3 is 1.82 bits per heavy atom. The van der Waals surface area contributed by atoms with Crippen molar-refractivity contribution in [2.45, 2.75) is 5.92 Å². The summed E-state index contributed by atoms with van der Waals surface area (Å²) < 4.78 is 14.8. The van der Waals surface area contributed by atoms with Gasteiger partial charge in [-0.15, -0.1) is 0 Å². The molecule has 0 aliphatic rings. The number of anilines is 1. The van der Waals surface area contributed by atoms with Gasteiger partial charge in [0.15, 0.2) is 0 Å². The number of benzene rings is 3. The van der Waals surface area contributed by atoms with Crippen LogP contribution in [-0.4, -0.2) is 0 Å². The monoisotopic (exact) mass is 355 g/mol. The van der Waals surface area contributed by atoms with Crippen molar-refractivity contribution in [2.24, 2.45) is 0 Å². The molecule has 0 atom stereocenters. The quantitative estimate of drug-likeness (QED) is 0.497. The van der Waals surface area contributed by atoms with Gasteiger partial charge in [0.05, 0.1) is 5.69 Å². The lowest BCUT2D eigenvalue weighted by atomic mass is 9.84. The Morgan fingerprint density at radius 2 is 1.32 bits per heavy atom. The van der Waals surface area contributed by atoms with Crippen LogP contribution in [0.3, 0.4) is 0 Å². The minimum atomic E-state index is -0.402. The van der Waals surface area contributed by atoms with Gasteiger partial charge in [0.1, 0.15) is 5.82 Å². The van der Waals surface area contributed by atoms with E-state index in [0.29, 0.717) is 4.47 Å². The van der Waals surface area contributed by atoms with E-state index in [4.69, 9.17) is 5.73 Å². The van der Waals surface area contributed by atoms with Crippen molar-refractivity contribution < 1.29 is 4.39 Å². The molecule has 1 nitrogen and oxygen atoms in total. The standard InChI is InChI=1S/C19H15BrFN/c20-15-11-16(19(22)17(21)12-15)18(13-7-3-1-4-8-13)14-9-5-2-6-10-14/h1-12,18H,22H2. The van der Waals surface area contributed by atoms with E-state index in [1.54, 1.807) is 0 Å². The molecule has 110 valence electrons. The summed E-state index contributed by atoms with van der Waals surface area (Å²) in [5, 5.41) is 0. The predicted molar refractivity (Wildman–Crippen MR) is 92.3 cm³/mol. The molecule has 0 aromatic heterocycles. The summed E-state index contributed by atoms with van der Waals surface area (Å²) in [5.74, 6) is -0.504. The molecule has 0 saturated heterocycles. The highest BCUT2D eigenvalue weighted by atomic mass is 79.9. The number of hydrogen-bond acceptors (Lipinski definition) is 1. The Kier molecular flexibility index (Phi) is 4.25. The van der Waals surface area contributed by atoms with E-state index in [0.717, 1.165) is 16.7 Å². The average Bonchev–Trinajstić information content (AvgIpc) is 2.54. The van der Waals surface area contributed by atoms with Crippen molar-refractivity contribution in [3.63, 3.8) is 0 Å². The van der Waals surface area contributed by atoms with E-state index >= 15 is 0 Å². The molecule has 0 amide bonds. The summed E-state index contributed by atoms with van der Waals surface area (Å²) >= 11 is 3.36. The van der Waals surface area contributed by atoms with E-state index in [-0.39, 0.29) is 11.6 Å². The Bertz CT molecular complexity index is 733. The van der Waals surface area contributed by atoms with E-state index in [2.05, 4.69) is 15.9 Å². The van der Waals surface area contributed by atoms with E-state index < -0.39 is 5.82 Å². The maximum atomic E-state index is 14.1. The third-order valence-corrected chi connectivity index (χ3v) is 4.16. The smallest absolute Gasteiger partial charge is 0.147 e. The van der Waals surface area contributed by atoms with Gasteiger partial charge in [0.2, 0.25) is 0 Å². The van der Waals surface area contributed by atoms with Crippen LogP contribution in [0.25, 0.3) is 0 Å². The van der Waals surface area contributed by atoms with Gasteiger partial charge in [0.25, 0.3) is 0 Å². The highest BCUT2D eigenvalue weighted by Crippen LogP contribution is 2.37. The minimum Gasteiger partial charge on any atom is -0.396 e. The molecule has 2 N–H and O–H groups in total. The second kappa shape index (κ2) is 6.32. The van der Waals surface area contributed by atoms with Crippen molar-refractivity contribution in [1.82, 2.24) is 0 Å². The number of nitrogen functional groups attached to an aromatic ring is 1. The predicted octanol–water partition coefficient (Wildman–Crippen LogP) is 5.35. The molecule has 0 spiro atoms. The fourth-order valence-corrected chi connectivity index (χ4v) is 3.13. The molecule has 0 aliphatic carbocycles. The highest BCUT2D eigenvalue weighted by Gasteiger charge is 2.21. The van der Waals surface area contributed by atoms with Crippen molar-refractivity contribution in [3.8, 4) is 0 Å². The number of halogens is 2. The molecule has 0 radical (unpaired) electrons. The molecule has 0 fully saturated rings. The van der Waals surface area contributed by atoms with Crippen LogP contribution in [0, 0.1) is 5.82 Å². The van der Waals surface area contributed by atoms with E-state index in [1.807, 2.05) is 66.7 Å². The topological polar surface area (TPSA) is 26.0 Å². The molecule has 0 saturated carbocycles. The molecule has 0 heterocycles. The lowest BCUT2D eigenvalue weighted by Crippen LogP contribution is -2.08. The van der Waals surface area contributed by atoms with Crippen molar-refractivity contribution >= 4 is 21.6 Å². The fraction of sp³-hybridized carbons (Fsp3) is 0.0526. The second-order valence-electron chi connectivity index (χ2n) is 5.14. The zero-order valence-electron chi connectivity index (χ0n) is 11.8. The maximum absolute atomic E-state index is 14.1. The fourth-order valence-electron chi connectivity index (χ4n) is 2.69. The zero-order valence-corrected chi connectivity index (χ0v) is 13.4. The first-order chi connectivity index (χ1) is 10.7. The maximum Gasteiger partial charge on any atom is 0.147 e. The van der Waals surface area contributed by atoms with Crippen LogP contribution in [0.1, 0.15) is 22.6 Å². The van der Waals surface area contributed by atoms with E-state index in [9.17, 15) is 4.39 Å². The molecule has 0 aliphatic heterocycles. The third-order valence-electron chi connectivity index (χ3n) is 3.70. The Balaban J connectivity index is 2.23. The molecule has 3 heteroatoms. The van der Waals surface area contributed by atoms with Crippen LogP contribution in [0.5, 0.6) is 0 Å². The first-order valence-corrected chi connectivity index (χ1v) is 7.80. The molecule has 3 aromatic rings. The van der Waals surface area contributed by atoms with Crippen LogP contribution in [-0.2, 0) is 0 Å². The van der Waals surface area contributed by atoms with Gasteiger partial charge < -0.3 is 5.73 Å². The largest absolute Gasteiger partial charge is 0.396 e. The summed E-state index contributed by atoms with van der Waals surface area (Å²) in [5.41, 5.74) is 9.16. The van der Waals surface area contributed by atoms with Gasteiger partial charge in [0, 0.05) is 10.4 Å². The number of hydrogen-bond donors (Lipinski definition) is 1. The molecule has 3 rings (SSSR count). The van der Waals surface area contributed by atoms with Crippen molar-refractivity contribution in [3.05, 3.63) is 99.8 Å². The van der Waals surface area contributed by atoms with Crippen LogP contribution in [0.15, 0.2) is 77.3 Å². The summed E-state index contributed by atoms with van der Waals surface area (Å²) in [6.07, 6.45) is 0. The summed E-state index contributed by atoms with van der Waals surface area (Å²) in [4.78, 5) is 0. The van der Waals surface area contributed by atoms with Crippen molar-refractivity contribution in [2.75, 3.05) is 5.73 Å². The Morgan fingerprint density at radius 1 is 0.818 bits per heavy atom. The second-order valence-corrected chi connectivity index (χ2v) is 6.06. The molecular formula is C19H15BrFN. The van der Waals surface area contributed by atoms with Gasteiger partial charge in [-0.05, 0) is 28.8 Å². The average molecular weight is 356 g/mol. The molecule has 3 aromatic carbocycles. The molecule has 0 unspecified atom stereocenters. The molecular weight excluding hydrogens is 341 g/mol. The first-order valence-electron chi connectivity index (χ1n) is 7.01. The van der Waals surface area contributed by atoms with E-state index in [1.165, 1.54) is 6.07 Å².